The summed E-state index contributed by atoms with van der Waals surface area (Å²) in [6.45, 7) is 3.36. The van der Waals surface area contributed by atoms with Gasteiger partial charge in [0, 0.05) is 13.2 Å². The molecule has 1 aliphatic rings. The van der Waals surface area contributed by atoms with Gasteiger partial charge in [0.1, 0.15) is 0 Å². The Labute approximate surface area is 109 Å². The van der Waals surface area contributed by atoms with E-state index in [1.807, 2.05) is 0 Å². The lowest BCUT2D eigenvalue weighted by Crippen LogP contribution is -2.29. The number of sulfonamides is 1. The molecule has 5 nitrogen and oxygen atoms in total. The molecule has 1 unspecified atom stereocenters. The normalized spacial score (nSPS) is 20.9. The molecule has 1 aromatic heterocycles. The van der Waals surface area contributed by atoms with Crippen molar-refractivity contribution in [3.05, 3.63) is 10.2 Å². The number of aryl methyl sites for hydroxylation is 1. The average Bonchev–Trinajstić information content (AvgIpc) is 2.85. The van der Waals surface area contributed by atoms with Crippen molar-refractivity contribution < 1.29 is 13.2 Å². The van der Waals surface area contributed by atoms with Crippen LogP contribution in [0, 0.1) is 12.8 Å². The van der Waals surface area contributed by atoms with Crippen LogP contribution in [-0.4, -0.2) is 33.2 Å². The number of nitrogens with one attached hydrogen (secondary N) is 1. The molecule has 1 fully saturated rings. The second-order valence-electron chi connectivity index (χ2n) is 3.92. The number of hydrogen-bond acceptors (Lipinski definition) is 5. The van der Waals surface area contributed by atoms with E-state index in [9.17, 15) is 8.42 Å². The first-order valence-electron chi connectivity index (χ1n) is 5.19. The van der Waals surface area contributed by atoms with Crippen LogP contribution in [0.4, 0.5) is 0 Å². The van der Waals surface area contributed by atoms with Crippen molar-refractivity contribution in [1.29, 1.82) is 0 Å². The molecule has 2 rings (SSSR count). The Morgan fingerprint density at radius 1 is 1.65 bits per heavy atom. The third kappa shape index (κ3) is 3.17. The topological polar surface area (TPSA) is 68.3 Å². The van der Waals surface area contributed by atoms with Gasteiger partial charge >= 0.3 is 0 Å². The standard InChI is InChI=1S/C9H13ClN2O3S2/c1-6-8(16-9(10)12-6)17(13,14)11-4-7-2-3-15-5-7/h7,11H,2-5H2,1H3. The summed E-state index contributed by atoms with van der Waals surface area (Å²) >= 11 is 6.67. The fraction of sp³-hybridized carbons (Fsp3) is 0.667. The van der Waals surface area contributed by atoms with Crippen LogP contribution in [0.15, 0.2) is 4.21 Å². The second kappa shape index (κ2) is 5.19. The lowest BCUT2D eigenvalue weighted by molar-refractivity contribution is 0.186. The van der Waals surface area contributed by atoms with Crippen LogP contribution in [0.3, 0.4) is 0 Å². The van der Waals surface area contributed by atoms with Gasteiger partial charge in [-0.05, 0) is 19.3 Å². The Balaban J connectivity index is 2.05. The molecular formula is C9H13ClN2O3S2. The van der Waals surface area contributed by atoms with Crippen molar-refractivity contribution in [1.82, 2.24) is 9.71 Å². The van der Waals surface area contributed by atoms with Crippen molar-refractivity contribution in [3.8, 4) is 0 Å². The summed E-state index contributed by atoms with van der Waals surface area (Å²) < 4.78 is 32.2. The molecule has 0 amide bonds. The molecule has 0 radical (unpaired) electrons. The van der Waals surface area contributed by atoms with Crippen molar-refractivity contribution in [2.75, 3.05) is 19.8 Å². The maximum Gasteiger partial charge on any atom is 0.251 e. The van der Waals surface area contributed by atoms with E-state index >= 15 is 0 Å². The van der Waals surface area contributed by atoms with E-state index in [0.29, 0.717) is 25.5 Å². The van der Waals surface area contributed by atoms with E-state index < -0.39 is 10.0 Å². The van der Waals surface area contributed by atoms with E-state index in [4.69, 9.17) is 16.3 Å². The number of thiazole rings is 1. The Hall–Kier alpha value is -0.210. The number of halogens is 1. The molecule has 0 bridgehead atoms. The van der Waals surface area contributed by atoms with Gasteiger partial charge in [-0.15, -0.1) is 0 Å². The summed E-state index contributed by atoms with van der Waals surface area (Å²) in [5.74, 6) is 0.258. The maximum absolute atomic E-state index is 12.0. The lowest BCUT2D eigenvalue weighted by Gasteiger charge is -2.09. The summed E-state index contributed by atoms with van der Waals surface area (Å²) in [5, 5.41) is 0. The lowest BCUT2D eigenvalue weighted by atomic mass is 10.1. The van der Waals surface area contributed by atoms with Gasteiger partial charge in [-0.1, -0.05) is 22.9 Å². The fourth-order valence-electron chi connectivity index (χ4n) is 1.64. The van der Waals surface area contributed by atoms with Crippen LogP contribution in [0.5, 0.6) is 0 Å². The molecule has 96 valence electrons. The third-order valence-corrected chi connectivity index (χ3v) is 5.85. The van der Waals surface area contributed by atoms with Gasteiger partial charge in [0.2, 0.25) is 0 Å². The minimum Gasteiger partial charge on any atom is -0.381 e. The Kier molecular flexibility index (Phi) is 4.04. The number of ether oxygens (including phenoxy) is 1. The summed E-state index contributed by atoms with van der Waals surface area (Å²) in [6.07, 6.45) is 0.894. The Morgan fingerprint density at radius 3 is 2.94 bits per heavy atom. The predicted octanol–water partition coefficient (Wildman–Crippen LogP) is 1.42. The van der Waals surface area contributed by atoms with E-state index in [1.165, 1.54) is 0 Å². The molecule has 1 saturated heterocycles. The molecule has 2 heterocycles. The highest BCUT2D eigenvalue weighted by atomic mass is 35.5. The molecule has 1 aliphatic heterocycles. The number of rotatable bonds is 4. The minimum absolute atomic E-state index is 0.196. The highest BCUT2D eigenvalue weighted by Gasteiger charge is 2.24. The molecule has 1 N–H and O–H groups in total. The molecule has 0 saturated carbocycles. The zero-order chi connectivity index (χ0) is 12.5. The van der Waals surface area contributed by atoms with Crippen LogP contribution in [0.2, 0.25) is 4.47 Å². The largest absolute Gasteiger partial charge is 0.381 e. The van der Waals surface area contributed by atoms with E-state index in [2.05, 4.69) is 9.71 Å². The van der Waals surface area contributed by atoms with Gasteiger partial charge in [0.05, 0.1) is 12.3 Å². The van der Waals surface area contributed by atoms with Gasteiger partial charge in [-0.3, -0.25) is 0 Å². The van der Waals surface area contributed by atoms with Crippen molar-refractivity contribution in [2.45, 2.75) is 17.6 Å². The highest BCUT2D eigenvalue weighted by molar-refractivity contribution is 7.91. The zero-order valence-corrected chi connectivity index (χ0v) is 11.7. The first kappa shape index (κ1) is 13.2. The monoisotopic (exact) mass is 296 g/mol. The fourth-order valence-corrected chi connectivity index (χ4v) is 4.53. The van der Waals surface area contributed by atoms with Crippen LogP contribution in [0.1, 0.15) is 12.1 Å². The summed E-state index contributed by atoms with van der Waals surface area (Å²) in [5.41, 5.74) is 0.440. The Bertz CT molecular complexity index is 494. The van der Waals surface area contributed by atoms with Crippen molar-refractivity contribution in [2.24, 2.45) is 5.92 Å². The number of aromatic nitrogens is 1. The predicted molar refractivity (Wildman–Crippen MR) is 66.0 cm³/mol. The molecule has 1 aromatic rings. The number of nitrogens with zero attached hydrogens (tertiary/aromatic N) is 1. The smallest absolute Gasteiger partial charge is 0.251 e. The minimum atomic E-state index is -3.49. The van der Waals surface area contributed by atoms with Crippen molar-refractivity contribution >= 4 is 33.0 Å². The van der Waals surface area contributed by atoms with Crippen molar-refractivity contribution in [3.63, 3.8) is 0 Å². The van der Waals surface area contributed by atoms with Gasteiger partial charge < -0.3 is 4.74 Å². The number of hydrogen-bond donors (Lipinski definition) is 1. The molecule has 0 spiro atoms. The SMILES string of the molecule is Cc1nc(Cl)sc1S(=O)(=O)NCC1CCOC1. The summed E-state index contributed by atoms with van der Waals surface area (Å²) in [6, 6.07) is 0. The summed E-state index contributed by atoms with van der Waals surface area (Å²) in [7, 11) is -3.49. The van der Waals surface area contributed by atoms with Gasteiger partial charge in [0.25, 0.3) is 10.0 Å². The van der Waals surface area contributed by atoms with Crippen LogP contribution in [0.25, 0.3) is 0 Å². The molecule has 17 heavy (non-hydrogen) atoms. The first-order valence-corrected chi connectivity index (χ1v) is 7.87. The van der Waals surface area contributed by atoms with Gasteiger partial charge in [-0.25, -0.2) is 18.1 Å². The van der Waals surface area contributed by atoms with E-state index in [-0.39, 0.29) is 14.6 Å². The Morgan fingerprint density at radius 2 is 2.41 bits per heavy atom. The average molecular weight is 297 g/mol. The third-order valence-electron chi connectivity index (χ3n) is 2.56. The maximum atomic E-state index is 12.0. The first-order chi connectivity index (χ1) is 7.99. The molecule has 8 heteroatoms. The molecule has 0 aliphatic carbocycles. The van der Waals surface area contributed by atoms with Gasteiger partial charge in [-0.2, -0.15) is 0 Å². The molecule has 0 aromatic carbocycles. The van der Waals surface area contributed by atoms with E-state index in [0.717, 1.165) is 17.8 Å². The van der Waals surface area contributed by atoms with E-state index in [1.54, 1.807) is 6.92 Å². The van der Waals surface area contributed by atoms with Crippen LogP contribution >= 0.6 is 22.9 Å². The summed E-state index contributed by atoms with van der Waals surface area (Å²) in [4.78, 5) is 3.90. The van der Waals surface area contributed by atoms with Crippen LogP contribution in [-0.2, 0) is 14.8 Å². The highest BCUT2D eigenvalue weighted by Crippen LogP contribution is 2.26. The second-order valence-corrected chi connectivity index (χ2v) is 7.46. The quantitative estimate of drug-likeness (QED) is 0.912. The molecular weight excluding hydrogens is 284 g/mol. The molecule has 1 atom stereocenters. The zero-order valence-electron chi connectivity index (χ0n) is 9.27. The van der Waals surface area contributed by atoms with Gasteiger partial charge in [0.15, 0.2) is 8.68 Å². The van der Waals surface area contributed by atoms with Crippen LogP contribution < -0.4 is 4.72 Å².